The molecule has 1 atom stereocenters. The minimum absolute atomic E-state index is 0. The summed E-state index contributed by atoms with van der Waals surface area (Å²) in [6.07, 6.45) is 0.0928. The van der Waals surface area contributed by atoms with E-state index in [1.165, 1.54) is 0 Å². The van der Waals surface area contributed by atoms with E-state index < -0.39 is 0 Å². The second-order valence-corrected chi connectivity index (χ2v) is 5.51. The first-order valence-electron chi connectivity index (χ1n) is 7.53. The topological polar surface area (TPSA) is 50.4 Å². The van der Waals surface area contributed by atoms with Gasteiger partial charge >= 0.3 is 0 Å². The molecule has 1 heterocycles. The number of hydrogen-bond donors (Lipinski definition) is 2. The molecule has 0 radical (unpaired) electrons. The number of nitrogens with one attached hydrogen (secondary N) is 2. The highest BCUT2D eigenvalue weighted by molar-refractivity contribution is 6.04. The Bertz CT molecular complexity index is 652. The quantitative estimate of drug-likeness (QED) is 0.906. The van der Waals surface area contributed by atoms with Crippen LogP contribution in [0.1, 0.15) is 27.6 Å². The van der Waals surface area contributed by atoms with Gasteiger partial charge in [-0.1, -0.05) is 29.8 Å². The zero-order valence-electron chi connectivity index (χ0n) is 13.0. The number of carbonyl (C=O) groups is 1. The molecule has 3 rings (SSSR count). The second kappa shape index (κ2) is 8.11. The van der Waals surface area contributed by atoms with Gasteiger partial charge in [0.05, 0.1) is 12.7 Å². The predicted molar refractivity (Wildman–Crippen MR) is 94.4 cm³/mol. The molecule has 2 aromatic carbocycles. The normalized spacial score (nSPS) is 17.2. The number of anilines is 1. The minimum atomic E-state index is -0.0907. The van der Waals surface area contributed by atoms with Crippen LogP contribution in [0, 0.1) is 6.92 Å². The average molecular weight is 333 g/mol. The molecule has 1 saturated heterocycles. The lowest BCUT2D eigenvalue weighted by molar-refractivity contribution is 0.0277. The van der Waals surface area contributed by atoms with E-state index in [4.69, 9.17) is 4.74 Å². The highest BCUT2D eigenvalue weighted by Gasteiger charge is 2.15. The molecule has 0 spiro atoms. The van der Waals surface area contributed by atoms with Gasteiger partial charge in [0.2, 0.25) is 0 Å². The number of amides is 1. The van der Waals surface area contributed by atoms with Crippen LogP contribution in [0.2, 0.25) is 0 Å². The average Bonchev–Trinajstić information content (AvgIpc) is 2.56. The summed E-state index contributed by atoms with van der Waals surface area (Å²) >= 11 is 0. The molecule has 0 aromatic heterocycles. The second-order valence-electron chi connectivity index (χ2n) is 5.51. The first kappa shape index (κ1) is 17.5. The molecular weight excluding hydrogens is 312 g/mol. The van der Waals surface area contributed by atoms with Crippen LogP contribution in [0.3, 0.4) is 0 Å². The van der Waals surface area contributed by atoms with Crippen molar-refractivity contribution in [3.8, 4) is 0 Å². The molecule has 23 heavy (non-hydrogen) atoms. The van der Waals surface area contributed by atoms with E-state index in [1.807, 2.05) is 55.5 Å². The number of halogens is 1. The number of benzene rings is 2. The van der Waals surface area contributed by atoms with Gasteiger partial charge in [-0.2, -0.15) is 0 Å². The van der Waals surface area contributed by atoms with Crippen LogP contribution in [-0.4, -0.2) is 25.6 Å². The van der Waals surface area contributed by atoms with Gasteiger partial charge in [-0.3, -0.25) is 4.79 Å². The molecule has 4 nitrogen and oxygen atoms in total. The fourth-order valence-corrected chi connectivity index (χ4v) is 2.55. The Morgan fingerprint density at radius 2 is 2.00 bits per heavy atom. The summed E-state index contributed by atoms with van der Waals surface area (Å²) < 4.78 is 5.72. The van der Waals surface area contributed by atoms with E-state index in [1.54, 1.807) is 0 Å². The lowest BCUT2D eigenvalue weighted by atomic mass is 10.1. The Hall–Kier alpha value is -1.88. The van der Waals surface area contributed by atoms with Crippen molar-refractivity contribution in [3.63, 3.8) is 0 Å². The van der Waals surface area contributed by atoms with Crippen molar-refractivity contribution < 1.29 is 9.53 Å². The summed E-state index contributed by atoms with van der Waals surface area (Å²) in [5.74, 6) is -0.0907. The standard InChI is InChI=1S/C18H20N2O2.ClH/c1-13-3-2-4-15(11-13)18(21)20-16-7-5-14(6-8-16)17-12-19-9-10-22-17;/h2-8,11,17,19H,9-10,12H2,1H3,(H,20,21);1H. The van der Waals surface area contributed by atoms with Crippen molar-refractivity contribution in [2.24, 2.45) is 0 Å². The number of hydrogen-bond acceptors (Lipinski definition) is 3. The molecule has 2 aromatic rings. The van der Waals surface area contributed by atoms with E-state index in [0.717, 1.165) is 36.5 Å². The van der Waals surface area contributed by atoms with Crippen molar-refractivity contribution in [3.05, 3.63) is 65.2 Å². The maximum Gasteiger partial charge on any atom is 0.255 e. The molecule has 1 unspecified atom stereocenters. The Labute approximate surface area is 142 Å². The van der Waals surface area contributed by atoms with Crippen LogP contribution in [-0.2, 0) is 4.74 Å². The Kier molecular flexibility index (Phi) is 6.16. The van der Waals surface area contributed by atoms with Gasteiger partial charge in [0.25, 0.3) is 5.91 Å². The van der Waals surface area contributed by atoms with Crippen molar-refractivity contribution in [1.82, 2.24) is 5.32 Å². The van der Waals surface area contributed by atoms with E-state index >= 15 is 0 Å². The smallest absolute Gasteiger partial charge is 0.255 e. The molecule has 1 amide bonds. The molecule has 1 aliphatic rings. The Balaban J connectivity index is 0.00000192. The lowest BCUT2D eigenvalue weighted by Crippen LogP contribution is -2.33. The zero-order valence-corrected chi connectivity index (χ0v) is 13.9. The van der Waals surface area contributed by atoms with Crippen LogP contribution >= 0.6 is 12.4 Å². The summed E-state index contributed by atoms with van der Waals surface area (Å²) in [6.45, 7) is 4.44. The van der Waals surface area contributed by atoms with Gasteiger partial charge in [0.15, 0.2) is 0 Å². The van der Waals surface area contributed by atoms with Crippen LogP contribution in [0.15, 0.2) is 48.5 Å². The highest BCUT2D eigenvalue weighted by atomic mass is 35.5. The predicted octanol–water partition coefficient (Wildman–Crippen LogP) is 3.33. The van der Waals surface area contributed by atoms with Gasteiger partial charge in [0, 0.05) is 24.3 Å². The Morgan fingerprint density at radius 1 is 1.22 bits per heavy atom. The van der Waals surface area contributed by atoms with Gasteiger partial charge in [-0.25, -0.2) is 0 Å². The first-order chi connectivity index (χ1) is 10.7. The third-order valence-electron chi connectivity index (χ3n) is 3.75. The lowest BCUT2D eigenvalue weighted by Gasteiger charge is -2.24. The maximum atomic E-state index is 12.2. The van der Waals surface area contributed by atoms with Crippen molar-refractivity contribution in [2.75, 3.05) is 25.0 Å². The largest absolute Gasteiger partial charge is 0.371 e. The molecule has 5 heteroatoms. The Morgan fingerprint density at radius 3 is 2.65 bits per heavy atom. The fraction of sp³-hybridized carbons (Fsp3) is 0.278. The summed E-state index contributed by atoms with van der Waals surface area (Å²) in [7, 11) is 0. The van der Waals surface area contributed by atoms with E-state index in [9.17, 15) is 4.79 Å². The fourth-order valence-electron chi connectivity index (χ4n) is 2.55. The SMILES string of the molecule is Cc1cccc(C(=O)Nc2ccc(C3CNCCO3)cc2)c1.Cl. The number of morpholine rings is 1. The molecule has 1 aliphatic heterocycles. The summed E-state index contributed by atoms with van der Waals surface area (Å²) in [5.41, 5.74) is 3.66. The third kappa shape index (κ3) is 4.55. The van der Waals surface area contributed by atoms with Crippen LogP contribution in [0.5, 0.6) is 0 Å². The monoisotopic (exact) mass is 332 g/mol. The third-order valence-corrected chi connectivity index (χ3v) is 3.75. The number of rotatable bonds is 3. The van der Waals surface area contributed by atoms with Gasteiger partial charge < -0.3 is 15.4 Å². The summed E-state index contributed by atoms with van der Waals surface area (Å²) in [6, 6.07) is 15.4. The van der Waals surface area contributed by atoms with Crippen LogP contribution in [0.4, 0.5) is 5.69 Å². The van der Waals surface area contributed by atoms with E-state index in [-0.39, 0.29) is 24.4 Å². The minimum Gasteiger partial charge on any atom is -0.371 e. The highest BCUT2D eigenvalue weighted by Crippen LogP contribution is 2.21. The molecule has 0 aliphatic carbocycles. The van der Waals surface area contributed by atoms with Gasteiger partial charge in [-0.15, -0.1) is 12.4 Å². The van der Waals surface area contributed by atoms with E-state index in [2.05, 4.69) is 10.6 Å². The molecule has 0 bridgehead atoms. The van der Waals surface area contributed by atoms with Gasteiger partial charge in [-0.05, 0) is 36.8 Å². The summed E-state index contributed by atoms with van der Waals surface area (Å²) in [5, 5.41) is 6.23. The van der Waals surface area contributed by atoms with Crippen molar-refractivity contribution in [1.29, 1.82) is 0 Å². The summed E-state index contributed by atoms with van der Waals surface area (Å²) in [4.78, 5) is 12.2. The molecule has 2 N–H and O–H groups in total. The first-order valence-corrected chi connectivity index (χ1v) is 7.53. The van der Waals surface area contributed by atoms with Gasteiger partial charge in [0.1, 0.15) is 0 Å². The van der Waals surface area contributed by atoms with Crippen molar-refractivity contribution >= 4 is 24.0 Å². The number of carbonyl (C=O) groups excluding carboxylic acids is 1. The van der Waals surface area contributed by atoms with Crippen molar-refractivity contribution in [2.45, 2.75) is 13.0 Å². The number of aryl methyl sites for hydroxylation is 1. The molecule has 122 valence electrons. The molecule has 0 saturated carbocycles. The number of ether oxygens (including phenoxy) is 1. The zero-order chi connectivity index (χ0) is 15.4. The van der Waals surface area contributed by atoms with E-state index in [0.29, 0.717) is 5.56 Å². The maximum absolute atomic E-state index is 12.2. The van der Waals surface area contributed by atoms with Crippen LogP contribution < -0.4 is 10.6 Å². The molecular formula is C18H21ClN2O2. The van der Waals surface area contributed by atoms with Crippen LogP contribution in [0.25, 0.3) is 0 Å². The molecule has 1 fully saturated rings.